The molecule has 2 rings (SSSR count). The Balaban J connectivity index is 1.56. The van der Waals surface area contributed by atoms with E-state index in [1.165, 1.54) is 32.4 Å². The van der Waals surface area contributed by atoms with Crippen LogP contribution in [-0.4, -0.2) is 38.7 Å². The summed E-state index contributed by atoms with van der Waals surface area (Å²) in [6.07, 6.45) is 5.05. The zero-order chi connectivity index (χ0) is 15.6. The monoisotopic (exact) mass is 302 g/mol. The number of likely N-dealkylation sites (tertiary alicyclic amines) is 1. The summed E-state index contributed by atoms with van der Waals surface area (Å²) in [5.74, 6) is 0.505. The molecule has 0 atom stereocenters. The fourth-order valence-electron chi connectivity index (χ4n) is 2.69. The van der Waals surface area contributed by atoms with Gasteiger partial charge in [-0.15, -0.1) is 0 Å². The van der Waals surface area contributed by atoms with Crippen molar-refractivity contribution in [1.82, 2.24) is 5.32 Å². The molecule has 1 aromatic carbocycles. The summed E-state index contributed by atoms with van der Waals surface area (Å²) >= 11 is 0. The van der Waals surface area contributed by atoms with Gasteiger partial charge in [-0.1, -0.05) is 0 Å². The number of benzene rings is 1. The molecule has 1 aliphatic heterocycles. The molecule has 118 valence electrons. The number of rotatable bonds is 7. The fraction of sp³-hybridized carbons (Fsp3) is 0.529. The zero-order valence-corrected chi connectivity index (χ0v) is 12.9. The van der Waals surface area contributed by atoms with Gasteiger partial charge in [0.15, 0.2) is 6.61 Å². The highest BCUT2D eigenvalue weighted by Crippen LogP contribution is 2.11. The van der Waals surface area contributed by atoms with Crippen LogP contribution in [0.15, 0.2) is 24.3 Å². The second kappa shape index (κ2) is 9.06. The van der Waals surface area contributed by atoms with E-state index in [0.29, 0.717) is 17.9 Å². The molecule has 22 heavy (non-hydrogen) atoms. The van der Waals surface area contributed by atoms with E-state index in [4.69, 9.17) is 10.00 Å². The molecule has 0 spiro atoms. The van der Waals surface area contributed by atoms with Gasteiger partial charge >= 0.3 is 0 Å². The number of hydrogen-bond donors (Lipinski definition) is 2. The van der Waals surface area contributed by atoms with Gasteiger partial charge in [-0.05, 0) is 43.5 Å². The number of piperidine rings is 1. The van der Waals surface area contributed by atoms with Crippen LogP contribution in [0.3, 0.4) is 0 Å². The van der Waals surface area contributed by atoms with Gasteiger partial charge in [0.2, 0.25) is 0 Å². The van der Waals surface area contributed by atoms with Crippen LogP contribution < -0.4 is 15.0 Å². The molecule has 0 saturated carbocycles. The van der Waals surface area contributed by atoms with E-state index in [0.717, 1.165) is 13.0 Å². The lowest BCUT2D eigenvalue weighted by atomic mass is 10.1. The summed E-state index contributed by atoms with van der Waals surface area (Å²) in [6, 6.07) is 8.79. The molecule has 1 heterocycles. The number of ether oxygens (including phenoxy) is 1. The van der Waals surface area contributed by atoms with Crippen molar-refractivity contribution in [1.29, 1.82) is 5.26 Å². The minimum Gasteiger partial charge on any atom is -0.484 e. The van der Waals surface area contributed by atoms with Crippen molar-refractivity contribution < 1.29 is 14.4 Å². The normalized spacial score (nSPS) is 15.0. The van der Waals surface area contributed by atoms with E-state index in [1.807, 2.05) is 6.07 Å². The van der Waals surface area contributed by atoms with Crippen molar-refractivity contribution >= 4 is 5.91 Å². The van der Waals surface area contributed by atoms with E-state index in [2.05, 4.69) is 5.32 Å². The molecule has 2 N–H and O–H groups in total. The minimum atomic E-state index is -0.0991. The molecule has 0 unspecified atom stereocenters. The molecule has 1 aliphatic rings. The number of carbonyl (C=O) groups is 1. The maximum absolute atomic E-state index is 11.7. The topological polar surface area (TPSA) is 66.6 Å². The number of hydrogen-bond acceptors (Lipinski definition) is 3. The van der Waals surface area contributed by atoms with Crippen molar-refractivity contribution in [2.24, 2.45) is 0 Å². The number of nitriles is 1. The van der Waals surface area contributed by atoms with Gasteiger partial charge < -0.3 is 15.0 Å². The van der Waals surface area contributed by atoms with Gasteiger partial charge in [-0.3, -0.25) is 4.79 Å². The maximum atomic E-state index is 11.7. The predicted octanol–water partition coefficient (Wildman–Crippen LogP) is 0.512. The highest BCUT2D eigenvalue weighted by molar-refractivity contribution is 5.77. The molecule has 0 radical (unpaired) electrons. The second-order valence-electron chi connectivity index (χ2n) is 5.69. The molecule has 1 amide bonds. The predicted molar refractivity (Wildman–Crippen MR) is 83.7 cm³/mol. The molecule has 0 aromatic heterocycles. The molecular formula is C17H24N3O2+. The van der Waals surface area contributed by atoms with Crippen LogP contribution >= 0.6 is 0 Å². The fourth-order valence-corrected chi connectivity index (χ4v) is 2.69. The Morgan fingerprint density at radius 3 is 2.64 bits per heavy atom. The summed E-state index contributed by atoms with van der Waals surface area (Å²) in [5.41, 5.74) is 0.581. The molecule has 1 fully saturated rings. The third-order valence-electron chi connectivity index (χ3n) is 3.94. The van der Waals surface area contributed by atoms with E-state index in [9.17, 15) is 4.79 Å². The van der Waals surface area contributed by atoms with E-state index in [1.54, 1.807) is 29.2 Å². The highest BCUT2D eigenvalue weighted by Gasteiger charge is 2.12. The van der Waals surface area contributed by atoms with Crippen LogP contribution in [0.5, 0.6) is 5.75 Å². The largest absolute Gasteiger partial charge is 0.484 e. The molecule has 0 aliphatic carbocycles. The van der Waals surface area contributed by atoms with Crippen LogP contribution in [0, 0.1) is 11.3 Å². The quantitative estimate of drug-likeness (QED) is 0.721. The Morgan fingerprint density at radius 2 is 1.95 bits per heavy atom. The summed E-state index contributed by atoms with van der Waals surface area (Å²) in [5, 5.41) is 11.6. The van der Waals surface area contributed by atoms with Gasteiger partial charge in [-0.25, -0.2) is 0 Å². The van der Waals surface area contributed by atoms with Crippen LogP contribution in [0.2, 0.25) is 0 Å². The van der Waals surface area contributed by atoms with Crippen LogP contribution in [0.25, 0.3) is 0 Å². The number of nitrogens with zero attached hydrogens (tertiary/aromatic N) is 1. The highest BCUT2D eigenvalue weighted by atomic mass is 16.5. The van der Waals surface area contributed by atoms with E-state index in [-0.39, 0.29) is 12.5 Å². The average Bonchev–Trinajstić information content (AvgIpc) is 2.58. The van der Waals surface area contributed by atoms with Crippen LogP contribution in [0.4, 0.5) is 0 Å². The summed E-state index contributed by atoms with van der Waals surface area (Å²) in [4.78, 5) is 13.4. The first kappa shape index (κ1) is 16.3. The van der Waals surface area contributed by atoms with Gasteiger partial charge in [0.05, 0.1) is 31.3 Å². The van der Waals surface area contributed by atoms with Gasteiger partial charge in [0.1, 0.15) is 5.75 Å². The summed E-state index contributed by atoms with van der Waals surface area (Å²) in [7, 11) is 0. The molecule has 5 nitrogen and oxygen atoms in total. The maximum Gasteiger partial charge on any atom is 0.257 e. The van der Waals surface area contributed by atoms with Crippen molar-refractivity contribution in [3.05, 3.63) is 29.8 Å². The Morgan fingerprint density at radius 1 is 1.23 bits per heavy atom. The SMILES string of the molecule is N#Cc1ccc(OCC(=O)NCCC[NH+]2CCCCC2)cc1. The molecule has 1 saturated heterocycles. The van der Waals surface area contributed by atoms with E-state index < -0.39 is 0 Å². The van der Waals surface area contributed by atoms with E-state index >= 15 is 0 Å². The number of carbonyl (C=O) groups excluding carboxylic acids is 1. The lowest BCUT2D eigenvalue weighted by Crippen LogP contribution is -3.12. The minimum absolute atomic E-state index is 0.0163. The third-order valence-corrected chi connectivity index (χ3v) is 3.94. The Kier molecular flexibility index (Phi) is 6.72. The van der Waals surface area contributed by atoms with Crippen molar-refractivity contribution in [3.63, 3.8) is 0 Å². The third kappa shape index (κ3) is 5.74. The van der Waals surface area contributed by atoms with Gasteiger partial charge in [-0.2, -0.15) is 5.26 Å². The smallest absolute Gasteiger partial charge is 0.257 e. The first-order valence-electron chi connectivity index (χ1n) is 8.01. The van der Waals surface area contributed by atoms with Gasteiger partial charge in [0, 0.05) is 13.0 Å². The molecular weight excluding hydrogens is 278 g/mol. The number of nitrogens with one attached hydrogen (secondary N) is 2. The van der Waals surface area contributed by atoms with Crippen LogP contribution in [0.1, 0.15) is 31.2 Å². The average molecular weight is 302 g/mol. The first-order chi connectivity index (χ1) is 10.8. The number of quaternary nitrogens is 1. The lowest BCUT2D eigenvalue weighted by Gasteiger charge is -2.23. The summed E-state index contributed by atoms with van der Waals surface area (Å²) < 4.78 is 5.39. The zero-order valence-electron chi connectivity index (χ0n) is 12.9. The first-order valence-corrected chi connectivity index (χ1v) is 8.01. The van der Waals surface area contributed by atoms with Crippen LogP contribution in [-0.2, 0) is 4.79 Å². The lowest BCUT2D eigenvalue weighted by molar-refractivity contribution is -0.904. The number of amides is 1. The molecule has 5 heteroatoms. The van der Waals surface area contributed by atoms with Gasteiger partial charge in [0.25, 0.3) is 5.91 Å². The summed E-state index contributed by atoms with van der Waals surface area (Å²) in [6.45, 7) is 4.41. The Hall–Kier alpha value is -2.06. The molecule has 0 bridgehead atoms. The van der Waals surface area contributed by atoms with Crippen molar-refractivity contribution in [2.75, 3.05) is 32.8 Å². The Labute approximate surface area is 131 Å². The Bertz CT molecular complexity index is 502. The van der Waals surface area contributed by atoms with Crippen molar-refractivity contribution in [3.8, 4) is 11.8 Å². The molecule has 1 aromatic rings. The second-order valence-corrected chi connectivity index (χ2v) is 5.69. The van der Waals surface area contributed by atoms with Crippen molar-refractivity contribution in [2.45, 2.75) is 25.7 Å². The standard InChI is InChI=1S/C17H23N3O2/c18-13-15-5-7-16(8-6-15)22-14-17(21)19-9-4-12-20-10-2-1-3-11-20/h5-8H,1-4,9-12,14H2,(H,19,21)/p+1.